The molecule has 0 spiro atoms. The van der Waals surface area contributed by atoms with Crippen LogP contribution in [0, 0.1) is 5.92 Å². The molecule has 2 rings (SSSR count). The molecule has 0 bridgehead atoms. The predicted molar refractivity (Wildman–Crippen MR) is 68.3 cm³/mol. The highest BCUT2D eigenvalue weighted by Gasteiger charge is 2.16. The smallest absolute Gasteiger partial charge is 0.221 e. The van der Waals surface area contributed by atoms with Gasteiger partial charge in [-0.2, -0.15) is 0 Å². The average molecular weight is 252 g/mol. The minimum atomic E-state index is 0.549. The van der Waals surface area contributed by atoms with Gasteiger partial charge in [0, 0.05) is 13.2 Å². The Kier molecular flexibility index (Phi) is 4.72. The maximum Gasteiger partial charge on any atom is 0.221 e. The number of nitrogens with two attached hydrogens (primary N) is 1. The molecule has 0 saturated carbocycles. The van der Waals surface area contributed by atoms with Crippen LogP contribution in [0.25, 0.3) is 0 Å². The largest absolute Gasteiger partial charge is 0.477 e. The summed E-state index contributed by atoms with van der Waals surface area (Å²) in [5, 5.41) is 0. The Bertz CT molecular complexity index is 380. The number of aromatic nitrogens is 2. The molecule has 1 aromatic heterocycles. The van der Waals surface area contributed by atoms with Crippen molar-refractivity contribution >= 4 is 5.82 Å². The van der Waals surface area contributed by atoms with Crippen molar-refractivity contribution in [2.75, 3.05) is 25.2 Å². The quantitative estimate of drug-likeness (QED) is 0.604. The number of hydrogen-bond donors (Lipinski definition) is 2. The van der Waals surface area contributed by atoms with E-state index in [0.29, 0.717) is 24.2 Å². The van der Waals surface area contributed by atoms with Crippen LogP contribution in [0.4, 0.5) is 5.82 Å². The number of hydrazine groups is 1. The lowest BCUT2D eigenvalue weighted by atomic mass is 10.0. The molecule has 1 saturated heterocycles. The van der Waals surface area contributed by atoms with E-state index in [4.69, 9.17) is 15.3 Å². The van der Waals surface area contributed by atoms with Gasteiger partial charge in [-0.1, -0.05) is 6.92 Å². The number of nitrogen functional groups attached to an aromatic ring is 1. The zero-order valence-electron chi connectivity index (χ0n) is 10.7. The first kappa shape index (κ1) is 13.0. The van der Waals surface area contributed by atoms with Crippen LogP contribution < -0.4 is 16.0 Å². The van der Waals surface area contributed by atoms with E-state index in [1.54, 1.807) is 0 Å². The number of rotatable bonds is 5. The second-order valence-corrected chi connectivity index (χ2v) is 4.37. The summed E-state index contributed by atoms with van der Waals surface area (Å²) < 4.78 is 11.1. The summed E-state index contributed by atoms with van der Waals surface area (Å²) in [5.74, 6) is 7.24. The van der Waals surface area contributed by atoms with Crippen LogP contribution >= 0.6 is 0 Å². The Hall–Kier alpha value is -1.40. The van der Waals surface area contributed by atoms with Gasteiger partial charge >= 0.3 is 0 Å². The summed E-state index contributed by atoms with van der Waals surface area (Å²) in [4.78, 5) is 8.26. The molecule has 2 heterocycles. The summed E-state index contributed by atoms with van der Waals surface area (Å²) >= 11 is 0. The lowest BCUT2D eigenvalue weighted by molar-refractivity contribution is 0.0489. The van der Waals surface area contributed by atoms with Crippen LogP contribution in [0.3, 0.4) is 0 Å². The SMILES string of the molecule is CCc1c(NN)ncnc1OCC1CCOCC1. The van der Waals surface area contributed by atoms with Crippen molar-refractivity contribution in [1.82, 2.24) is 9.97 Å². The zero-order valence-corrected chi connectivity index (χ0v) is 10.7. The first-order valence-corrected chi connectivity index (χ1v) is 6.36. The third-order valence-electron chi connectivity index (χ3n) is 3.19. The zero-order chi connectivity index (χ0) is 12.8. The second kappa shape index (κ2) is 6.51. The monoisotopic (exact) mass is 252 g/mol. The molecule has 1 aliphatic heterocycles. The van der Waals surface area contributed by atoms with E-state index < -0.39 is 0 Å². The maximum atomic E-state index is 5.81. The first-order valence-electron chi connectivity index (χ1n) is 6.36. The lowest BCUT2D eigenvalue weighted by Crippen LogP contribution is -2.22. The average Bonchev–Trinajstić information content (AvgIpc) is 2.45. The second-order valence-electron chi connectivity index (χ2n) is 4.37. The van der Waals surface area contributed by atoms with Gasteiger partial charge in [0.05, 0.1) is 12.2 Å². The standard InChI is InChI=1S/C12H20N4O2/c1-2-10-11(16-13)14-8-15-12(10)18-7-9-3-5-17-6-4-9/h8-9H,2-7,13H2,1H3,(H,14,15,16). The van der Waals surface area contributed by atoms with Crippen LogP contribution in [-0.4, -0.2) is 29.8 Å². The van der Waals surface area contributed by atoms with E-state index in [1.165, 1.54) is 6.33 Å². The fraction of sp³-hybridized carbons (Fsp3) is 0.667. The van der Waals surface area contributed by atoms with Crippen molar-refractivity contribution in [2.45, 2.75) is 26.2 Å². The lowest BCUT2D eigenvalue weighted by Gasteiger charge is -2.22. The molecule has 18 heavy (non-hydrogen) atoms. The number of nitrogens with one attached hydrogen (secondary N) is 1. The van der Waals surface area contributed by atoms with E-state index in [9.17, 15) is 0 Å². The van der Waals surface area contributed by atoms with E-state index in [1.807, 2.05) is 6.92 Å². The van der Waals surface area contributed by atoms with Gasteiger partial charge in [0.25, 0.3) is 0 Å². The molecular formula is C12H20N4O2. The summed E-state index contributed by atoms with van der Waals surface area (Å²) in [7, 11) is 0. The van der Waals surface area contributed by atoms with Crippen LogP contribution in [0.2, 0.25) is 0 Å². The predicted octanol–water partition coefficient (Wildman–Crippen LogP) is 1.13. The fourth-order valence-corrected chi connectivity index (χ4v) is 2.07. The molecule has 3 N–H and O–H groups in total. The number of anilines is 1. The Morgan fingerprint density at radius 3 is 2.89 bits per heavy atom. The van der Waals surface area contributed by atoms with Gasteiger partial charge in [-0.05, 0) is 25.2 Å². The van der Waals surface area contributed by atoms with Crippen LogP contribution in [0.5, 0.6) is 5.88 Å². The third-order valence-corrected chi connectivity index (χ3v) is 3.19. The van der Waals surface area contributed by atoms with Gasteiger partial charge in [0.1, 0.15) is 12.1 Å². The summed E-state index contributed by atoms with van der Waals surface area (Å²) in [5.41, 5.74) is 3.50. The molecule has 1 aromatic rings. The van der Waals surface area contributed by atoms with E-state index >= 15 is 0 Å². The van der Waals surface area contributed by atoms with Crippen molar-refractivity contribution in [1.29, 1.82) is 0 Å². The van der Waals surface area contributed by atoms with E-state index in [2.05, 4.69) is 15.4 Å². The molecule has 6 nitrogen and oxygen atoms in total. The molecule has 0 amide bonds. The minimum Gasteiger partial charge on any atom is -0.477 e. The highest BCUT2D eigenvalue weighted by atomic mass is 16.5. The summed E-state index contributed by atoms with van der Waals surface area (Å²) in [6, 6.07) is 0. The fourth-order valence-electron chi connectivity index (χ4n) is 2.07. The highest BCUT2D eigenvalue weighted by molar-refractivity contribution is 5.47. The Labute approximate surface area is 107 Å². The van der Waals surface area contributed by atoms with Crippen LogP contribution in [-0.2, 0) is 11.2 Å². The van der Waals surface area contributed by atoms with E-state index in [0.717, 1.165) is 38.0 Å². The van der Waals surface area contributed by atoms with Crippen molar-refractivity contribution in [3.8, 4) is 5.88 Å². The normalized spacial score (nSPS) is 16.6. The van der Waals surface area contributed by atoms with Crippen molar-refractivity contribution in [2.24, 2.45) is 11.8 Å². The Morgan fingerprint density at radius 1 is 1.44 bits per heavy atom. The van der Waals surface area contributed by atoms with Gasteiger partial charge < -0.3 is 14.9 Å². The van der Waals surface area contributed by atoms with Gasteiger partial charge in [0.2, 0.25) is 5.88 Å². The molecule has 1 aliphatic rings. The van der Waals surface area contributed by atoms with Crippen molar-refractivity contribution in [3.63, 3.8) is 0 Å². The molecule has 100 valence electrons. The number of nitrogens with zero attached hydrogens (tertiary/aromatic N) is 2. The van der Waals surface area contributed by atoms with Gasteiger partial charge in [-0.3, -0.25) is 0 Å². The third kappa shape index (κ3) is 3.08. The molecule has 0 aliphatic carbocycles. The number of ether oxygens (including phenoxy) is 2. The highest BCUT2D eigenvalue weighted by Crippen LogP contribution is 2.23. The molecule has 6 heteroatoms. The van der Waals surface area contributed by atoms with Crippen LogP contribution in [0.1, 0.15) is 25.3 Å². The van der Waals surface area contributed by atoms with Gasteiger partial charge in [-0.15, -0.1) is 0 Å². The van der Waals surface area contributed by atoms with Gasteiger partial charge in [-0.25, -0.2) is 15.8 Å². The molecule has 0 unspecified atom stereocenters. The van der Waals surface area contributed by atoms with Crippen molar-refractivity contribution < 1.29 is 9.47 Å². The Balaban J connectivity index is 1.99. The number of hydrogen-bond acceptors (Lipinski definition) is 6. The summed E-state index contributed by atoms with van der Waals surface area (Å²) in [6.07, 6.45) is 4.35. The van der Waals surface area contributed by atoms with Gasteiger partial charge in [0.15, 0.2) is 0 Å². The first-order chi connectivity index (χ1) is 8.85. The molecular weight excluding hydrogens is 232 g/mol. The van der Waals surface area contributed by atoms with Crippen LogP contribution in [0.15, 0.2) is 6.33 Å². The molecule has 1 fully saturated rings. The topological polar surface area (TPSA) is 82.3 Å². The maximum absolute atomic E-state index is 5.81. The molecule has 0 aromatic carbocycles. The van der Waals surface area contributed by atoms with Crippen molar-refractivity contribution in [3.05, 3.63) is 11.9 Å². The minimum absolute atomic E-state index is 0.549. The summed E-state index contributed by atoms with van der Waals surface area (Å²) in [6.45, 7) is 4.36. The van der Waals surface area contributed by atoms with E-state index in [-0.39, 0.29) is 0 Å². The molecule has 0 radical (unpaired) electrons. The molecule has 0 atom stereocenters. The Morgan fingerprint density at radius 2 is 2.22 bits per heavy atom.